The maximum absolute atomic E-state index is 11.3. The number of carbonyl (C=O) groups excluding carboxylic acids is 1. The molecule has 0 saturated carbocycles. The molecule has 0 aliphatic heterocycles. The van der Waals surface area contributed by atoms with Gasteiger partial charge in [0.05, 0.1) is 0 Å². The highest BCUT2D eigenvalue weighted by molar-refractivity contribution is 5.86. The molecule has 0 aromatic rings. The Labute approximate surface area is 91.8 Å². The second-order valence-electron chi connectivity index (χ2n) is 3.16. The largest absolute Gasteiger partial charge is 0.361 e. The van der Waals surface area contributed by atoms with Crippen LogP contribution in [0.4, 0.5) is 0 Å². The summed E-state index contributed by atoms with van der Waals surface area (Å²) in [4.78, 5) is 12.8. The number of nitrogens with zero attached hydrogens (tertiary/aromatic N) is 1. The summed E-state index contributed by atoms with van der Waals surface area (Å²) in [6, 6.07) is 0. The molecular formula is C11H21NO3. The second kappa shape index (κ2) is 9.68. The fourth-order valence-corrected chi connectivity index (χ4v) is 0.932. The van der Waals surface area contributed by atoms with Gasteiger partial charge in [-0.25, -0.2) is 0 Å². The summed E-state index contributed by atoms with van der Waals surface area (Å²) in [5.74, 6) is -0.165. The molecule has 0 aliphatic rings. The number of ether oxygens (including phenoxy) is 2. The summed E-state index contributed by atoms with van der Waals surface area (Å²) in [5, 5.41) is 0. The smallest absolute Gasteiger partial charge is 0.249 e. The van der Waals surface area contributed by atoms with Crippen LogP contribution in [0, 0.1) is 0 Å². The lowest BCUT2D eigenvalue weighted by atomic mass is 10.5. The van der Waals surface area contributed by atoms with Crippen LogP contribution in [0.5, 0.6) is 0 Å². The van der Waals surface area contributed by atoms with E-state index in [1.165, 1.54) is 11.0 Å². The van der Waals surface area contributed by atoms with E-state index in [4.69, 9.17) is 9.47 Å². The Morgan fingerprint density at radius 3 is 2.00 bits per heavy atom. The van der Waals surface area contributed by atoms with Crippen LogP contribution < -0.4 is 0 Å². The highest BCUT2D eigenvalue weighted by Crippen LogP contribution is 1.95. The molecular weight excluding hydrogens is 194 g/mol. The lowest BCUT2D eigenvalue weighted by molar-refractivity contribution is -0.139. The van der Waals surface area contributed by atoms with E-state index < -0.39 is 0 Å². The van der Waals surface area contributed by atoms with Crippen LogP contribution in [0.3, 0.4) is 0 Å². The van der Waals surface area contributed by atoms with Gasteiger partial charge in [-0.1, -0.05) is 20.4 Å². The molecule has 0 aromatic carbocycles. The first-order valence-corrected chi connectivity index (χ1v) is 5.33. The summed E-state index contributed by atoms with van der Waals surface area (Å²) in [6.45, 7) is 9.31. The molecule has 15 heavy (non-hydrogen) atoms. The molecule has 0 fully saturated rings. The Morgan fingerprint density at radius 2 is 1.67 bits per heavy atom. The van der Waals surface area contributed by atoms with Gasteiger partial charge in [-0.3, -0.25) is 9.69 Å². The van der Waals surface area contributed by atoms with Crippen molar-refractivity contribution >= 4 is 5.91 Å². The first-order chi connectivity index (χ1) is 7.26. The van der Waals surface area contributed by atoms with E-state index in [0.29, 0.717) is 13.2 Å². The van der Waals surface area contributed by atoms with Crippen molar-refractivity contribution in [2.45, 2.75) is 26.7 Å². The van der Waals surface area contributed by atoms with Crippen molar-refractivity contribution in [1.82, 2.24) is 4.90 Å². The molecule has 4 heteroatoms. The van der Waals surface area contributed by atoms with E-state index in [0.717, 1.165) is 12.8 Å². The van der Waals surface area contributed by atoms with Crippen molar-refractivity contribution in [3.05, 3.63) is 12.7 Å². The molecule has 88 valence electrons. The van der Waals surface area contributed by atoms with Gasteiger partial charge in [-0.2, -0.15) is 0 Å². The Bertz CT molecular complexity index is 173. The summed E-state index contributed by atoms with van der Waals surface area (Å²) < 4.78 is 10.6. The zero-order valence-corrected chi connectivity index (χ0v) is 9.70. The van der Waals surface area contributed by atoms with Crippen LogP contribution in [0.1, 0.15) is 26.7 Å². The van der Waals surface area contributed by atoms with Gasteiger partial charge in [0.2, 0.25) is 5.91 Å². The van der Waals surface area contributed by atoms with E-state index in [9.17, 15) is 4.79 Å². The van der Waals surface area contributed by atoms with Crippen LogP contribution in [0.25, 0.3) is 0 Å². The van der Waals surface area contributed by atoms with Crippen LogP contribution >= 0.6 is 0 Å². The summed E-state index contributed by atoms with van der Waals surface area (Å²) >= 11 is 0. The highest BCUT2D eigenvalue weighted by atomic mass is 16.5. The maximum atomic E-state index is 11.3. The van der Waals surface area contributed by atoms with E-state index in [2.05, 4.69) is 6.58 Å². The predicted octanol–water partition coefficient (Wildman–Crippen LogP) is 1.77. The number of rotatable bonds is 9. The Kier molecular flexibility index (Phi) is 9.11. The molecule has 0 rings (SSSR count). The van der Waals surface area contributed by atoms with Gasteiger partial charge >= 0.3 is 0 Å². The van der Waals surface area contributed by atoms with Gasteiger partial charge in [-0.15, -0.1) is 0 Å². The third kappa shape index (κ3) is 7.11. The molecule has 0 N–H and O–H groups in total. The van der Waals surface area contributed by atoms with E-state index in [-0.39, 0.29) is 19.4 Å². The van der Waals surface area contributed by atoms with Gasteiger partial charge in [0.15, 0.2) is 0 Å². The number of amides is 1. The SMILES string of the molecule is C=CC(=O)N(COCCC)COCCC. The van der Waals surface area contributed by atoms with Gasteiger partial charge in [0.25, 0.3) is 0 Å². The Balaban J connectivity index is 3.84. The number of hydrogen-bond acceptors (Lipinski definition) is 3. The fraction of sp³-hybridized carbons (Fsp3) is 0.727. The molecule has 4 nitrogen and oxygen atoms in total. The predicted molar refractivity (Wildman–Crippen MR) is 59.3 cm³/mol. The third-order valence-electron chi connectivity index (χ3n) is 1.68. The van der Waals surface area contributed by atoms with Crippen molar-refractivity contribution in [3.63, 3.8) is 0 Å². The van der Waals surface area contributed by atoms with Crippen molar-refractivity contribution in [3.8, 4) is 0 Å². The molecule has 0 unspecified atom stereocenters. The van der Waals surface area contributed by atoms with E-state index in [1.54, 1.807) is 0 Å². The molecule has 0 bridgehead atoms. The van der Waals surface area contributed by atoms with Gasteiger partial charge in [-0.05, 0) is 18.9 Å². The Morgan fingerprint density at radius 1 is 1.20 bits per heavy atom. The summed E-state index contributed by atoms with van der Waals surface area (Å²) in [6.07, 6.45) is 3.14. The van der Waals surface area contributed by atoms with Crippen LogP contribution in [0.15, 0.2) is 12.7 Å². The molecule has 1 amide bonds. The molecule has 0 aromatic heterocycles. The topological polar surface area (TPSA) is 38.8 Å². The van der Waals surface area contributed by atoms with Crippen LogP contribution in [-0.4, -0.2) is 37.5 Å². The van der Waals surface area contributed by atoms with Crippen molar-refractivity contribution in [2.75, 3.05) is 26.7 Å². The lowest BCUT2D eigenvalue weighted by Crippen LogP contribution is -2.34. The van der Waals surface area contributed by atoms with E-state index >= 15 is 0 Å². The number of carbonyl (C=O) groups is 1. The fourth-order valence-electron chi connectivity index (χ4n) is 0.932. The van der Waals surface area contributed by atoms with Crippen LogP contribution in [0.2, 0.25) is 0 Å². The van der Waals surface area contributed by atoms with Crippen molar-refractivity contribution < 1.29 is 14.3 Å². The lowest BCUT2D eigenvalue weighted by Gasteiger charge is -2.20. The molecule has 0 saturated heterocycles. The zero-order valence-electron chi connectivity index (χ0n) is 9.70. The molecule has 0 heterocycles. The quantitative estimate of drug-likeness (QED) is 0.334. The minimum Gasteiger partial charge on any atom is -0.361 e. The normalized spacial score (nSPS) is 10.0. The summed E-state index contributed by atoms with van der Waals surface area (Å²) in [7, 11) is 0. The first kappa shape index (κ1) is 14.1. The molecule has 0 spiro atoms. The van der Waals surface area contributed by atoms with Gasteiger partial charge in [0, 0.05) is 13.2 Å². The second-order valence-corrected chi connectivity index (χ2v) is 3.16. The zero-order chi connectivity index (χ0) is 11.5. The molecule has 0 aliphatic carbocycles. The Hall–Kier alpha value is -0.870. The minimum absolute atomic E-state index is 0.165. The average Bonchev–Trinajstić information content (AvgIpc) is 2.26. The third-order valence-corrected chi connectivity index (χ3v) is 1.68. The standard InChI is InChI=1S/C11H21NO3/c1-4-7-14-9-12(11(13)6-3)10-15-8-5-2/h6H,3-5,7-10H2,1-2H3. The van der Waals surface area contributed by atoms with Crippen molar-refractivity contribution in [2.24, 2.45) is 0 Å². The van der Waals surface area contributed by atoms with Gasteiger partial charge in [0.1, 0.15) is 13.5 Å². The van der Waals surface area contributed by atoms with E-state index in [1.807, 2.05) is 13.8 Å². The highest BCUT2D eigenvalue weighted by Gasteiger charge is 2.09. The molecule has 0 radical (unpaired) electrons. The number of hydrogen-bond donors (Lipinski definition) is 0. The monoisotopic (exact) mass is 215 g/mol. The average molecular weight is 215 g/mol. The summed E-state index contributed by atoms with van der Waals surface area (Å²) in [5.41, 5.74) is 0. The van der Waals surface area contributed by atoms with Gasteiger partial charge < -0.3 is 9.47 Å². The van der Waals surface area contributed by atoms with Crippen molar-refractivity contribution in [1.29, 1.82) is 0 Å². The maximum Gasteiger partial charge on any atom is 0.249 e. The molecule has 0 atom stereocenters. The first-order valence-electron chi connectivity index (χ1n) is 5.33. The minimum atomic E-state index is -0.165. The van der Waals surface area contributed by atoms with Crippen LogP contribution in [-0.2, 0) is 14.3 Å².